The minimum absolute atomic E-state index is 0.0959. The molecule has 0 fully saturated rings. The molecule has 0 saturated carbocycles. The molecule has 4 aromatic rings. The molecule has 3 aromatic carbocycles. The van der Waals surface area contributed by atoms with Crippen LogP contribution < -0.4 is 0 Å². The van der Waals surface area contributed by atoms with Crippen molar-refractivity contribution in [1.29, 1.82) is 0 Å². The van der Waals surface area contributed by atoms with Crippen LogP contribution >= 0.6 is 11.3 Å². The van der Waals surface area contributed by atoms with Gasteiger partial charge >= 0.3 is 0 Å². The molecule has 27 heavy (non-hydrogen) atoms. The number of nitrogens with zero attached hydrogens (tertiary/aromatic N) is 2. The van der Waals surface area contributed by atoms with E-state index in [1.807, 2.05) is 30.4 Å². The molecule has 0 saturated heterocycles. The highest BCUT2D eigenvalue weighted by atomic mass is 32.1. The minimum Gasteiger partial charge on any atom is -0.258 e. The van der Waals surface area contributed by atoms with Crippen molar-refractivity contribution in [2.45, 2.75) is 6.92 Å². The van der Waals surface area contributed by atoms with Crippen LogP contribution in [0.4, 0.5) is 5.69 Å². The third-order valence-corrected chi connectivity index (χ3v) is 5.32. The molecule has 0 atom stereocenters. The predicted octanol–water partition coefficient (Wildman–Crippen LogP) is 6.35. The van der Waals surface area contributed by atoms with Crippen LogP contribution in [-0.4, -0.2) is 9.91 Å². The first kappa shape index (κ1) is 17.1. The number of aryl methyl sites for hydroxylation is 1. The topological polar surface area (TPSA) is 56.0 Å². The van der Waals surface area contributed by atoms with Crippen LogP contribution in [0.3, 0.4) is 0 Å². The van der Waals surface area contributed by atoms with Gasteiger partial charge in [0.05, 0.1) is 15.1 Å². The lowest BCUT2D eigenvalue weighted by atomic mass is 10.1. The maximum atomic E-state index is 10.9. The van der Waals surface area contributed by atoms with E-state index in [-0.39, 0.29) is 10.6 Å². The largest absolute Gasteiger partial charge is 0.270 e. The maximum Gasteiger partial charge on any atom is 0.270 e. The zero-order valence-corrected chi connectivity index (χ0v) is 15.4. The van der Waals surface area contributed by atoms with Gasteiger partial charge in [0.15, 0.2) is 0 Å². The molecule has 1 heterocycles. The third kappa shape index (κ3) is 3.78. The van der Waals surface area contributed by atoms with Crippen molar-refractivity contribution in [2.24, 2.45) is 0 Å². The summed E-state index contributed by atoms with van der Waals surface area (Å²) in [7, 11) is 0. The second-order valence-corrected chi connectivity index (χ2v) is 7.33. The zero-order chi connectivity index (χ0) is 18.8. The van der Waals surface area contributed by atoms with Crippen molar-refractivity contribution < 1.29 is 4.92 Å². The lowest BCUT2D eigenvalue weighted by Crippen LogP contribution is -1.87. The van der Waals surface area contributed by atoms with Gasteiger partial charge in [-0.3, -0.25) is 10.1 Å². The summed E-state index contributed by atoms with van der Waals surface area (Å²) in [5, 5.41) is 11.9. The number of aromatic nitrogens is 1. The normalized spacial score (nSPS) is 11.3. The van der Waals surface area contributed by atoms with Gasteiger partial charge in [0.1, 0.15) is 5.01 Å². The molecule has 0 radical (unpaired) electrons. The Morgan fingerprint density at radius 3 is 2.52 bits per heavy atom. The second-order valence-electron chi connectivity index (χ2n) is 6.30. The third-order valence-electron chi connectivity index (χ3n) is 4.25. The Hall–Kier alpha value is -3.31. The summed E-state index contributed by atoms with van der Waals surface area (Å²) in [4.78, 5) is 15.2. The first-order valence-corrected chi connectivity index (χ1v) is 9.30. The summed E-state index contributed by atoms with van der Waals surface area (Å²) in [6.07, 6.45) is 3.83. The maximum absolute atomic E-state index is 10.9. The van der Waals surface area contributed by atoms with Crippen LogP contribution in [0.15, 0.2) is 66.7 Å². The molecule has 1 aromatic heterocycles. The molecule has 0 spiro atoms. The number of nitro benzene ring substituents is 1. The molecule has 0 aliphatic carbocycles. The molecule has 0 aliphatic rings. The summed E-state index contributed by atoms with van der Waals surface area (Å²) in [5.41, 5.74) is 5.27. The monoisotopic (exact) mass is 372 g/mol. The molecule has 0 N–H and O–H groups in total. The molecular weight excluding hydrogens is 356 g/mol. The summed E-state index contributed by atoms with van der Waals surface area (Å²) < 4.78 is 1.19. The number of thiazole rings is 1. The highest BCUT2D eigenvalue weighted by Crippen LogP contribution is 2.31. The van der Waals surface area contributed by atoms with E-state index in [4.69, 9.17) is 4.98 Å². The molecule has 0 unspecified atom stereocenters. The number of benzene rings is 3. The minimum atomic E-state index is -0.383. The average Bonchev–Trinajstić information content (AvgIpc) is 3.10. The molecule has 0 aliphatic heterocycles. The number of hydrogen-bond acceptors (Lipinski definition) is 4. The van der Waals surface area contributed by atoms with Crippen LogP contribution in [0.1, 0.15) is 16.7 Å². The van der Waals surface area contributed by atoms with Crippen molar-refractivity contribution in [1.82, 2.24) is 4.98 Å². The van der Waals surface area contributed by atoms with Gasteiger partial charge in [-0.2, -0.15) is 0 Å². The molecular formula is C22H16N2O2S. The van der Waals surface area contributed by atoms with Gasteiger partial charge in [-0.15, -0.1) is 11.3 Å². The molecule has 4 nitrogen and oxygen atoms in total. The van der Waals surface area contributed by atoms with Crippen LogP contribution in [0.2, 0.25) is 0 Å². The van der Waals surface area contributed by atoms with Crippen molar-refractivity contribution in [3.05, 3.63) is 93.5 Å². The number of rotatable bonds is 4. The molecule has 5 heteroatoms. The molecule has 4 rings (SSSR count). The highest BCUT2D eigenvalue weighted by molar-refractivity contribution is 7.21. The van der Waals surface area contributed by atoms with E-state index >= 15 is 0 Å². The van der Waals surface area contributed by atoms with E-state index in [9.17, 15) is 10.1 Å². The van der Waals surface area contributed by atoms with Gasteiger partial charge < -0.3 is 0 Å². The lowest BCUT2D eigenvalue weighted by Gasteiger charge is -1.98. The van der Waals surface area contributed by atoms with Gasteiger partial charge in [0.25, 0.3) is 5.69 Å². The van der Waals surface area contributed by atoms with Crippen molar-refractivity contribution in [3.8, 4) is 10.6 Å². The van der Waals surface area contributed by atoms with Gasteiger partial charge in [0, 0.05) is 17.7 Å². The van der Waals surface area contributed by atoms with E-state index in [0.29, 0.717) is 0 Å². The molecule has 0 amide bonds. The second kappa shape index (κ2) is 7.13. The summed E-state index contributed by atoms with van der Waals surface area (Å²) >= 11 is 1.69. The SMILES string of the molecule is Cc1ccc2nc(-c3ccc(/C=C/c4cccc([N+](=O)[O-])c4)cc3)sc2c1. The number of hydrogen-bond donors (Lipinski definition) is 0. The first-order chi connectivity index (χ1) is 13.1. The Morgan fingerprint density at radius 2 is 1.74 bits per heavy atom. The van der Waals surface area contributed by atoms with E-state index in [0.717, 1.165) is 27.2 Å². The zero-order valence-electron chi connectivity index (χ0n) is 14.6. The smallest absolute Gasteiger partial charge is 0.258 e. The Bertz CT molecular complexity index is 1160. The summed E-state index contributed by atoms with van der Waals surface area (Å²) in [6.45, 7) is 2.08. The Labute approximate surface area is 160 Å². The fourth-order valence-corrected chi connectivity index (χ4v) is 3.90. The van der Waals surface area contributed by atoms with E-state index in [2.05, 4.69) is 37.3 Å². The fraction of sp³-hybridized carbons (Fsp3) is 0.0455. The van der Waals surface area contributed by atoms with E-state index < -0.39 is 0 Å². The molecule has 0 bridgehead atoms. The van der Waals surface area contributed by atoms with Gasteiger partial charge in [0.2, 0.25) is 0 Å². The van der Waals surface area contributed by atoms with Crippen molar-refractivity contribution >= 4 is 39.4 Å². The number of nitro groups is 1. The predicted molar refractivity (Wildman–Crippen MR) is 112 cm³/mol. The summed E-state index contributed by atoms with van der Waals surface area (Å²) in [6, 6.07) is 21.0. The quantitative estimate of drug-likeness (QED) is 0.238. The van der Waals surface area contributed by atoms with Gasteiger partial charge in [-0.25, -0.2) is 4.98 Å². The molecule has 132 valence electrons. The van der Waals surface area contributed by atoms with Crippen molar-refractivity contribution in [2.75, 3.05) is 0 Å². The Kier molecular flexibility index (Phi) is 4.52. The number of fused-ring (bicyclic) bond motifs is 1. The van der Waals surface area contributed by atoms with Crippen LogP contribution in [0.5, 0.6) is 0 Å². The first-order valence-electron chi connectivity index (χ1n) is 8.49. The Morgan fingerprint density at radius 1 is 0.963 bits per heavy atom. The van der Waals surface area contributed by atoms with Crippen LogP contribution in [-0.2, 0) is 0 Å². The highest BCUT2D eigenvalue weighted by Gasteiger charge is 2.06. The van der Waals surface area contributed by atoms with E-state index in [1.165, 1.54) is 16.3 Å². The van der Waals surface area contributed by atoms with Crippen LogP contribution in [0, 0.1) is 17.0 Å². The lowest BCUT2D eigenvalue weighted by molar-refractivity contribution is -0.384. The fourth-order valence-electron chi connectivity index (χ4n) is 2.83. The van der Waals surface area contributed by atoms with Crippen molar-refractivity contribution in [3.63, 3.8) is 0 Å². The van der Waals surface area contributed by atoms with Crippen LogP contribution in [0.25, 0.3) is 32.9 Å². The summed E-state index contributed by atoms with van der Waals surface area (Å²) in [5.74, 6) is 0. The average molecular weight is 372 g/mol. The van der Waals surface area contributed by atoms with Gasteiger partial charge in [-0.05, 0) is 35.7 Å². The number of non-ortho nitro benzene ring substituents is 1. The van der Waals surface area contributed by atoms with E-state index in [1.54, 1.807) is 23.5 Å². The standard InChI is InChI=1S/C22H16N2O2S/c1-15-5-12-20-21(13-15)27-22(23-20)18-10-8-16(9-11-18)6-7-17-3-2-4-19(14-17)24(25)26/h2-14H,1H3/b7-6+. The Balaban J connectivity index is 1.56. The van der Waals surface area contributed by atoms with Gasteiger partial charge in [-0.1, -0.05) is 54.6 Å².